The zero-order valence-corrected chi connectivity index (χ0v) is 6.67. The van der Waals surface area contributed by atoms with E-state index in [4.69, 9.17) is 11.6 Å². The minimum atomic E-state index is 0.0490. The lowest BCUT2D eigenvalue weighted by atomic mass is 10.1. The van der Waals surface area contributed by atoms with Gasteiger partial charge in [-0.05, 0) is 6.42 Å². The van der Waals surface area contributed by atoms with Crippen molar-refractivity contribution in [3.63, 3.8) is 0 Å². The highest BCUT2D eigenvalue weighted by Crippen LogP contribution is 2.01. The molecule has 0 aliphatic heterocycles. The van der Waals surface area contributed by atoms with Crippen molar-refractivity contribution in [2.24, 2.45) is 0 Å². The number of carbonyl (C=O) groups is 1. The molecule has 1 aromatic heterocycles. The van der Waals surface area contributed by atoms with Crippen LogP contribution in [0.15, 0.2) is 17.0 Å². The Bertz CT molecular complexity index is 220. The van der Waals surface area contributed by atoms with Gasteiger partial charge in [0.15, 0.2) is 0 Å². The number of ketones is 1. The molecular formula is C7H8ClNO2. The summed E-state index contributed by atoms with van der Waals surface area (Å²) in [5.41, 5.74) is 0.934. The fourth-order valence-corrected chi connectivity index (χ4v) is 0.834. The minimum Gasteiger partial charge on any atom is -0.364 e. The van der Waals surface area contributed by atoms with Gasteiger partial charge in [0.05, 0.1) is 12.1 Å². The first-order chi connectivity index (χ1) is 5.33. The van der Waals surface area contributed by atoms with Gasteiger partial charge in [0, 0.05) is 12.0 Å². The van der Waals surface area contributed by atoms with E-state index in [9.17, 15) is 4.79 Å². The number of halogens is 1. The Balaban J connectivity index is 2.29. The van der Waals surface area contributed by atoms with E-state index in [1.54, 1.807) is 6.20 Å². The predicted molar refractivity (Wildman–Crippen MR) is 40.6 cm³/mol. The van der Waals surface area contributed by atoms with E-state index < -0.39 is 0 Å². The molecule has 0 spiro atoms. The molecule has 11 heavy (non-hydrogen) atoms. The summed E-state index contributed by atoms with van der Waals surface area (Å²) in [6.45, 7) is 0. The second-order valence-corrected chi connectivity index (χ2v) is 2.47. The molecule has 0 aliphatic carbocycles. The van der Waals surface area contributed by atoms with Gasteiger partial charge in [-0.2, -0.15) is 0 Å². The second-order valence-electron chi connectivity index (χ2n) is 2.20. The van der Waals surface area contributed by atoms with Gasteiger partial charge in [0.1, 0.15) is 12.0 Å². The molecule has 0 saturated carbocycles. The quantitative estimate of drug-likeness (QED) is 0.647. The monoisotopic (exact) mass is 173 g/mol. The topological polar surface area (TPSA) is 43.1 Å². The number of carbonyl (C=O) groups excluding carboxylic acids is 1. The van der Waals surface area contributed by atoms with Crippen LogP contribution in [0.4, 0.5) is 0 Å². The highest BCUT2D eigenvalue weighted by molar-refractivity contribution is 6.27. The van der Waals surface area contributed by atoms with Crippen molar-refractivity contribution in [1.29, 1.82) is 0 Å². The van der Waals surface area contributed by atoms with E-state index in [0.29, 0.717) is 12.8 Å². The van der Waals surface area contributed by atoms with E-state index in [1.807, 2.05) is 0 Å². The van der Waals surface area contributed by atoms with Crippen LogP contribution < -0.4 is 0 Å². The number of hydrogen-bond donors (Lipinski definition) is 0. The van der Waals surface area contributed by atoms with Gasteiger partial charge in [-0.1, -0.05) is 5.16 Å². The number of hydrogen-bond acceptors (Lipinski definition) is 3. The molecule has 1 heterocycles. The molecule has 0 saturated heterocycles. The Morgan fingerprint density at radius 2 is 2.55 bits per heavy atom. The molecule has 60 valence electrons. The predicted octanol–water partition coefficient (Wildman–Crippen LogP) is 1.42. The summed E-state index contributed by atoms with van der Waals surface area (Å²) >= 11 is 5.30. The lowest BCUT2D eigenvalue weighted by Crippen LogP contribution is -2.00. The maximum Gasteiger partial charge on any atom is 0.147 e. The molecule has 4 heteroatoms. The fourth-order valence-electron chi connectivity index (χ4n) is 0.701. The lowest BCUT2D eigenvalue weighted by molar-refractivity contribution is -0.116. The number of aromatic nitrogens is 1. The van der Waals surface area contributed by atoms with Crippen molar-refractivity contribution in [2.75, 3.05) is 5.88 Å². The molecule has 0 aliphatic rings. The van der Waals surface area contributed by atoms with Crippen molar-refractivity contribution in [1.82, 2.24) is 5.16 Å². The number of alkyl halides is 1. The van der Waals surface area contributed by atoms with E-state index in [2.05, 4.69) is 9.68 Å². The van der Waals surface area contributed by atoms with Crippen molar-refractivity contribution >= 4 is 17.4 Å². The molecule has 0 radical (unpaired) electrons. The molecule has 0 fully saturated rings. The van der Waals surface area contributed by atoms with Crippen LogP contribution in [0.25, 0.3) is 0 Å². The summed E-state index contributed by atoms with van der Waals surface area (Å²) in [6.07, 6.45) is 4.25. The summed E-state index contributed by atoms with van der Waals surface area (Å²) in [5, 5.41) is 3.51. The standard InChI is InChI=1S/C7H8ClNO2/c8-3-7(10)2-1-6-4-9-11-5-6/h4-5H,1-3H2. The van der Waals surface area contributed by atoms with Crippen LogP contribution >= 0.6 is 11.6 Å². The van der Waals surface area contributed by atoms with Crippen molar-refractivity contribution < 1.29 is 9.32 Å². The van der Waals surface area contributed by atoms with Crippen LogP contribution in [-0.4, -0.2) is 16.8 Å². The Labute approximate surface area is 69.3 Å². The molecule has 1 rings (SSSR count). The van der Waals surface area contributed by atoms with Crippen LogP contribution in [-0.2, 0) is 11.2 Å². The van der Waals surface area contributed by atoms with Gasteiger partial charge in [-0.25, -0.2) is 0 Å². The number of rotatable bonds is 4. The van der Waals surface area contributed by atoms with Crippen molar-refractivity contribution in [3.05, 3.63) is 18.0 Å². The molecule has 1 aromatic rings. The zero-order chi connectivity index (χ0) is 8.10. The molecule has 0 amide bonds. The summed E-state index contributed by atoms with van der Waals surface area (Å²) < 4.78 is 4.59. The SMILES string of the molecule is O=C(CCl)CCc1cnoc1. The summed E-state index contributed by atoms with van der Waals surface area (Å²) in [4.78, 5) is 10.7. The maximum atomic E-state index is 10.7. The number of Topliss-reactive ketones (excluding diaryl/α,β-unsaturated/α-hetero) is 1. The van der Waals surface area contributed by atoms with Crippen LogP contribution in [0.1, 0.15) is 12.0 Å². The fraction of sp³-hybridized carbons (Fsp3) is 0.429. The average Bonchev–Trinajstić information content (AvgIpc) is 2.52. The normalized spacial score (nSPS) is 9.91. The van der Waals surface area contributed by atoms with Gasteiger partial charge < -0.3 is 4.52 Å². The molecule has 0 aromatic carbocycles. The van der Waals surface area contributed by atoms with E-state index in [1.165, 1.54) is 6.26 Å². The molecule has 0 unspecified atom stereocenters. The van der Waals surface area contributed by atoms with Crippen LogP contribution in [0, 0.1) is 0 Å². The van der Waals surface area contributed by atoms with Crippen LogP contribution in [0.5, 0.6) is 0 Å². The van der Waals surface area contributed by atoms with E-state index in [0.717, 1.165) is 5.56 Å². The molecule has 3 nitrogen and oxygen atoms in total. The third-order valence-electron chi connectivity index (χ3n) is 1.33. The second kappa shape index (κ2) is 4.13. The maximum absolute atomic E-state index is 10.7. The van der Waals surface area contributed by atoms with Crippen molar-refractivity contribution in [3.8, 4) is 0 Å². The first kappa shape index (κ1) is 8.27. The molecule has 0 bridgehead atoms. The van der Waals surface area contributed by atoms with E-state index in [-0.39, 0.29) is 11.7 Å². The molecular weight excluding hydrogens is 166 g/mol. The third kappa shape index (κ3) is 2.72. The van der Waals surface area contributed by atoms with Crippen molar-refractivity contribution in [2.45, 2.75) is 12.8 Å². The van der Waals surface area contributed by atoms with Crippen LogP contribution in [0.3, 0.4) is 0 Å². The minimum absolute atomic E-state index is 0.0490. The molecule has 0 atom stereocenters. The van der Waals surface area contributed by atoms with Gasteiger partial charge in [-0.3, -0.25) is 4.79 Å². The lowest BCUT2D eigenvalue weighted by Gasteiger charge is -1.91. The summed E-state index contributed by atoms with van der Waals surface area (Å²) in [6, 6.07) is 0. The Kier molecular flexibility index (Phi) is 3.11. The smallest absolute Gasteiger partial charge is 0.147 e. The zero-order valence-electron chi connectivity index (χ0n) is 5.92. The van der Waals surface area contributed by atoms with Gasteiger partial charge in [-0.15, -0.1) is 11.6 Å². The largest absolute Gasteiger partial charge is 0.364 e. The Morgan fingerprint density at radius 3 is 3.09 bits per heavy atom. The first-order valence-electron chi connectivity index (χ1n) is 3.29. The number of nitrogens with zero attached hydrogens (tertiary/aromatic N) is 1. The van der Waals surface area contributed by atoms with Gasteiger partial charge in [0.25, 0.3) is 0 Å². The first-order valence-corrected chi connectivity index (χ1v) is 3.82. The molecule has 0 N–H and O–H groups in total. The summed E-state index contributed by atoms with van der Waals surface area (Å²) in [7, 11) is 0. The highest BCUT2D eigenvalue weighted by atomic mass is 35.5. The van der Waals surface area contributed by atoms with Crippen LogP contribution in [0.2, 0.25) is 0 Å². The summed E-state index contributed by atoms with van der Waals surface area (Å²) in [5.74, 6) is 0.138. The Hall–Kier alpha value is -0.830. The Morgan fingerprint density at radius 1 is 1.73 bits per heavy atom. The third-order valence-corrected chi connectivity index (χ3v) is 1.62. The van der Waals surface area contributed by atoms with Gasteiger partial charge in [0.2, 0.25) is 0 Å². The van der Waals surface area contributed by atoms with E-state index >= 15 is 0 Å². The average molecular weight is 174 g/mol. The number of aryl methyl sites for hydroxylation is 1. The van der Waals surface area contributed by atoms with Gasteiger partial charge >= 0.3 is 0 Å². The highest BCUT2D eigenvalue weighted by Gasteiger charge is 2.01.